The third kappa shape index (κ3) is 1.34. The van der Waals surface area contributed by atoms with Crippen molar-refractivity contribution in [1.29, 1.82) is 0 Å². The highest BCUT2D eigenvalue weighted by atomic mass is 16.5. The van der Waals surface area contributed by atoms with Crippen LogP contribution in [-0.4, -0.2) is 36.3 Å². The Balaban J connectivity index is 2.38. The Hall–Kier alpha value is -1.36. The molecule has 1 aromatic rings. The third-order valence-corrected chi connectivity index (χ3v) is 2.85. The Labute approximate surface area is 87.8 Å². The topological polar surface area (TPSA) is 64.2 Å². The summed E-state index contributed by atoms with van der Waals surface area (Å²) >= 11 is 0. The van der Waals surface area contributed by atoms with Crippen LogP contribution in [0.2, 0.25) is 0 Å². The molecule has 0 amide bonds. The number of aromatic nitrogens is 2. The summed E-state index contributed by atoms with van der Waals surface area (Å²) in [5.74, 6) is 0.359. The van der Waals surface area contributed by atoms with Crippen molar-refractivity contribution in [3.05, 3.63) is 17.2 Å². The molecule has 2 rings (SSSR count). The molecule has 0 atom stereocenters. The Kier molecular flexibility index (Phi) is 2.26. The highest BCUT2D eigenvalue weighted by molar-refractivity contribution is 5.83. The molecule has 0 aliphatic carbocycles. The minimum absolute atomic E-state index is 0.289. The molecule has 0 radical (unpaired) electrons. The van der Waals surface area contributed by atoms with Gasteiger partial charge < -0.3 is 14.5 Å². The number of hydrogen-bond donors (Lipinski definition) is 1. The zero-order chi connectivity index (χ0) is 11.1. The van der Waals surface area contributed by atoms with Gasteiger partial charge in [-0.2, -0.15) is 0 Å². The summed E-state index contributed by atoms with van der Waals surface area (Å²) in [6.45, 7) is 4.51. The van der Waals surface area contributed by atoms with Crippen LogP contribution in [0.15, 0.2) is 0 Å². The second-order valence-electron chi connectivity index (χ2n) is 3.86. The van der Waals surface area contributed by atoms with Crippen LogP contribution in [0.1, 0.15) is 17.2 Å². The summed E-state index contributed by atoms with van der Waals surface area (Å²) in [6, 6.07) is 0. The van der Waals surface area contributed by atoms with Crippen LogP contribution in [0.25, 0.3) is 0 Å². The molecule has 82 valence electrons. The highest BCUT2D eigenvalue weighted by Crippen LogP contribution is 2.32. The second kappa shape index (κ2) is 3.34. The Morgan fingerprint density at radius 2 is 2.20 bits per heavy atom. The van der Waals surface area contributed by atoms with Crippen LogP contribution in [0.5, 0.6) is 0 Å². The van der Waals surface area contributed by atoms with Crippen LogP contribution in [-0.2, 0) is 19.7 Å². The van der Waals surface area contributed by atoms with E-state index in [0.717, 1.165) is 11.4 Å². The second-order valence-corrected chi connectivity index (χ2v) is 3.86. The normalized spacial score (nSPS) is 18.3. The fraction of sp³-hybridized carbons (Fsp3) is 0.600. The monoisotopic (exact) mass is 210 g/mol. The molecule has 1 aliphatic rings. The van der Waals surface area contributed by atoms with Gasteiger partial charge in [0.05, 0.1) is 26.0 Å². The minimum atomic E-state index is -0.715. The lowest BCUT2D eigenvalue weighted by atomic mass is 9.85. The standard InChI is InChI=1S/C10H14N2O3/c1-6-7(2)12-8(11-6)10(4-15-5-10)9(13)14-3/h4-5H2,1-3H3,(H,11,12). The molecule has 0 saturated carbocycles. The minimum Gasteiger partial charge on any atom is -0.468 e. The van der Waals surface area contributed by atoms with Gasteiger partial charge in [-0.3, -0.25) is 4.79 Å². The molecule has 1 aromatic heterocycles. The average Bonchev–Trinajstić information content (AvgIpc) is 2.45. The smallest absolute Gasteiger partial charge is 0.324 e. The van der Waals surface area contributed by atoms with E-state index in [0.29, 0.717) is 19.0 Å². The van der Waals surface area contributed by atoms with Crippen molar-refractivity contribution in [3.63, 3.8) is 0 Å². The predicted molar refractivity (Wildman–Crippen MR) is 52.6 cm³/mol. The SMILES string of the molecule is COC(=O)C1(c2nc(C)c(C)[nH]2)COC1. The fourth-order valence-corrected chi connectivity index (χ4v) is 1.63. The molecule has 2 heterocycles. The van der Waals surface area contributed by atoms with E-state index in [4.69, 9.17) is 9.47 Å². The van der Waals surface area contributed by atoms with Crippen LogP contribution >= 0.6 is 0 Å². The van der Waals surface area contributed by atoms with E-state index < -0.39 is 5.41 Å². The molecule has 1 fully saturated rings. The van der Waals surface area contributed by atoms with Crippen LogP contribution in [0, 0.1) is 13.8 Å². The van der Waals surface area contributed by atoms with Gasteiger partial charge in [0.25, 0.3) is 0 Å². The molecule has 0 bridgehead atoms. The van der Waals surface area contributed by atoms with Gasteiger partial charge in [0.1, 0.15) is 5.82 Å². The van der Waals surface area contributed by atoms with Gasteiger partial charge in [-0.25, -0.2) is 4.98 Å². The van der Waals surface area contributed by atoms with E-state index in [1.807, 2.05) is 13.8 Å². The highest BCUT2D eigenvalue weighted by Gasteiger charge is 2.51. The van der Waals surface area contributed by atoms with Crippen molar-refractivity contribution in [2.45, 2.75) is 19.3 Å². The maximum atomic E-state index is 11.7. The van der Waals surface area contributed by atoms with Crippen LogP contribution in [0.4, 0.5) is 0 Å². The van der Waals surface area contributed by atoms with Gasteiger partial charge >= 0.3 is 5.97 Å². The number of aryl methyl sites for hydroxylation is 2. The number of methoxy groups -OCH3 is 1. The first kappa shape index (κ1) is 10.2. The molecular formula is C10H14N2O3. The van der Waals surface area contributed by atoms with Crippen LogP contribution in [0.3, 0.4) is 0 Å². The molecule has 5 nitrogen and oxygen atoms in total. The number of nitrogens with zero attached hydrogens (tertiary/aromatic N) is 1. The molecule has 1 aliphatic heterocycles. The maximum Gasteiger partial charge on any atom is 0.324 e. The summed E-state index contributed by atoms with van der Waals surface area (Å²) < 4.78 is 9.89. The molecule has 1 N–H and O–H groups in total. The van der Waals surface area contributed by atoms with Gasteiger partial charge in [0, 0.05) is 5.69 Å². The number of nitrogens with one attached hydrogen (secondary N) is 1. The number of rotatable bonds is 2. The van der Waals surface area contributed by atoms with Gasteiger partial charge in [-0.1, -0.05) is 0 Å². The summed E-state index contributed by atoms with van der Waals surface area (Å²) in [7, 11) is 1.38. The lowest BCUT2D eigenvalue weighted by molar-refractivity contribution is -0.167. The van der Waals surface area contributed by atoms with Gasteiger partial charge in [-0.15, -0.1) is 0 Å². The molecule has 1 saturated heterocycles. The lowest BCUT2D eigenvalue weighted by Gasteiger charge is -2.36. The number of H-pyrrole nitrogens is 1. The Bertz CT molecular complexity index is 374. The zero-order valence-corrected chi connectivity index (χ0v) is 9.09. The van der Waals surface area contributed by atoms with Crippen LogP contribution < -0.4 is 0 Å². The first-order chi connectivity index (χ1) is 7.10. The van der Waals surface area contributed by atoms with Crippen molar-refractivity contribution < 1.29 is 14.3 Å². The number of carbonyl (C=O) groups is 1. The van der Waals surface area contributed by atoms with E-state index in [-0.39, 0.29) is 5.97 Å². The number of hydrogen-bond acceptors (Lipinski definition) is 4. The number of esters is 1. The Morgan fingerprint density at radius 1 is 1.53 bits per heavy atom. The number of imidazole rings is 1. The van der Waals surface area contributed by atoms with Crippen molar-refractivity contribution in [3.8, 4) is 0 Å². The largest absolute Gasteiger partial charge is 0.468 e. The van der Waals surface area contributed by atoms with Gasteiger partial charge in [0.2, 0.25) is 0 Å². The molecule has 5 heteroatoms. The number of ether oxygens (including phenoxy) is 2. The molecule has 0 aromatic carbocycles. The zero-order valence-electron chi connectivity index (χ0n) is 9.09. The Morgan fingerprint density at radius 3 is 2.53 bits per heavy atom. The maximum absolute atomic E-state index is 11.7. The van der Waals surface area contributed by atoms with Crippen molar-refractivity contribution in [1.82, 2.24) is 9.97 Å². The summed E-state index contributed by atoms with van der Waals surface area (Å²) in [6.07, 6.45) is 0. The van der Waals surface area contributed by atoms with Crippen molar-refractivity contribution >= 4 is 5.97 Å². The molecule has 0 unspecified atom stereocenters. The molecule has 15 heavy (non-hydrogen) atoms. The van der Waals surface area contributed by atoms with E-state index in [1.54, 1.807) is 0 Å². The first-order valence-corrected chi connectivity index (χ1v) is 4.80. The summed E-state index contributed by atoms with van der Waals surface area (Å²) in [5, 5.41) is 0. The first-order valence-electron chi connectivity index (χ1n) is 4.80. The van der Waals surface area contributed by atoms with E-state index >= 15 is 0 Å². The van der Waals surface area contributed by atoms with E-state index in [9.17, 15) is 4.79 Å². The van der Waals surface area contributed by atoms with E-state index in [2.05, 4.69) is 9.97 Å². The predicted octanol–water partition coefficient (Wildman–Crippen LogP) is 0.468. The summed E-state index contributed by atoms with van der Waals surface area (Å²) in [4.78, 5) is 19.1. The van der Waals surface area contributed by atoms with Gasteiger partial charge in [-0.05, 0) is 13.8 Å². The lowest BCUT2D eigenvalue weighted by Crippen LogP contribution is -2.54. The van der Waals surface area contributed by atoms with E-state index in [1.165, 1.54) is 7.11 Å². The fourth-order valence-electron chi connectivity index (χ4n) is 1.63. The molecular weight excluding hydrogens is 196 g/mol. The third-order valence-electron chi connectivity index (χ3n) is 2.85. The summed E-state index contributed by atoms with van der Waals surface area (Å²) in [5.41, 5.74) is 1.16. The van der Waals surface area contributed by atoms with Gasteiger partial charge in [0.15, 0.2) is 5.41 Å². The molecule has 0 spiro atoms. The number of aromatic amines is 1. The average molecular weight is 210 g/mol. The quantitative estimate of drug-likeness (QED) is 0.720. The van der Waals surface area contributed by atoms with Crippen molar-refractivity contribution in [2.75, 3.05) is 20.3 Å². The number of carbonyl (C=O) groups excluding carboxylic acids is 1. The van der Waals surface area contributed by atoms with Crippen molar-refractivity contribution in [2.24, 2.45) is 0 Å².